The van der Waals surface area contributed by atoms with Gasteiger partial charge in [-0.15, -0.1) is 0 Å². The fourth-order valence-corrected chi connectivity index (χ4v) is 3.79. The quantitative estimate of drug-likeness (QED) is 0.205. The number of hydrogen-bond donors (Lipinski definition) is 4. The average molecular weight is 454 g/mol. The number of likely N-dealkylation sites (tertiary alicyclic amines) is 1. The van der Waals surface area contributed by atoms with Gasteiger partial charge in [-0.3, -0.25) is 19.8 Å². The van der Waals surface area contributed by atoms with E-state index >= 15 is 0 Å². The van der Waals surface area contributed by atoms with Gasteiger partial charge in [0.25, 0.3) is 5.91 Å². The van der Waals surface area contributed by atoms with Gasteiger partial charge in [0.05, 0.1) is 29.8 Å². The molecule has 10 nitrogen and oxygen atoms in total. The number of pyridine rings is 1. The molecule has 1 amide bonds. The molecule has 1 saturated heterocycles. The Morgan fingerprint density at radius 2 is 2.18 bits per heavy atom. The number of carbonyl (C=O) groups is 1. The minimum Gasteiger partial charge on any atom is -0.384 e. The Balaban J connectivity index is 1.68. The van der Waals surface area contributed by atoms with Crippen LogP contribution >= 0.6 is 0 Å². The van der Waals surface area contributed by atoms with Gasteiger partial charge in [0, 0.05) is 62.1 Å². The van der Waals surface area contributed by atoms with Crippen molar-refractivity contribution in [1.29, 1.82) is 10.7 Å². The van der Waals surface area contributed by atoms with E-state index in [1.165, 1.54) is 24.0 Å². The van der Waals surface area contributed by atoms with E-state index in [0.29, 0.717) is 12.8 Å². The number of anilines is 1. The average Bonchev–Trinajstić information content (AvgIpc) is 3.07. The van der Waals surface area contributed by atoms with Crippen LogP contribution in [-0.2, 0) is 18.4 Å². The standard InChI is InChI=1S/C22H28FN9O/c1-15-16(12-29-31(15)2)14-32-9-5-22(4-7-24,6-10-32)28-13-18(21(26)33)20(25)30-17-3-8-27-19(23)11-17/h3,8,11-13,28H,4-6,9-10,14H2,1-2H3,(H2,26,33)(H2,25,27,30)/b18-13+. The highest BCUT2D eigenvalue weighted by molar-refractivity contribution is 6.23. The molecular weight excluding hydrogens is 425 g/mol. The minimum atomic E-state index is -0.814. The van der Waals surface area contributed by atoms with E-state index in [1.807, 2.05) is 24.9 Å². The fourth-order valence-electron chi connectivity index (χ4n) is 3.79. The number of amidine groups is 1. The number of aryl methyl sites for hydroxylation is 1. The van der Waals surface area contributed by atoms with E-state index < -0.39 is 17.4 Å². The molecule has 2 aromatic rings. The van der Waals surface area contributed by atoms with Gasteiger partial charge < -0.3 is 16.4 Å². The van der Waals surface area contributed by atoms with Crippen LogP contribution in [0.15, 0.2) is 36.3 Å². The first-order chi connectivity index (χ1) is 15.7. The largest absolute Gasteiger partial charge is 0.384 e. The molecule has 1 aliphatic rings. The number of nitrogens with zero attached hydrogens (tertiary/aromatic N) is 5. The molecule has 0 unspecified atom stereocenters. The Morgan fingerprint density at radius 3 is 2.76 bits per heavy atom. The number of halogens is 1. The Labute approximate surface area is 191 Å². The normalized spacial score (nSPS) is 16.1. The Hall–Kier alpha value is -3.78. The zero-order valence-electron chi connectivity index (χ0n) is 18.7. The molecule has 0 radical (unpaired) electrons. The molecule has 0 spiro atoms. The SMILES string of the molecule is Cc1c(CN2CCC(CC#N)(N/C=C(\C(=N)Nc3ccnc(F)c3)C(N)=O)CC2)cnn1C. The van der Waals surface area contributed by atoms with Crippen LogP contribution in [-0.4, -0.2) is 50.0 Å². The van der Waals surface area contributed by atoms with Crippen molar-refractivity contribution in [2.45, 2.75) is 38.3 Å². The van der Waals surface area contributed by atoms with Crippen LogP contribution in [0.3, 0.4) is 0 Å². The maximum atomic E-state index is 13.3. The zero-order chi connectivity index (χ0) is 24.0. The highest BCUT2D eigenvalue weighted by Gasteiger charge is 2.34. The Bertz CT molecular complexity index is 1090. The monoisotopic (exact) mass is 453 g/mol. The molecule has 11 heteroatoms. The third-order valence-corrected chi connectivity index (χ3v) is 6.01. The summed E-state index contributed by atoms with van der Waals surface area (Å²) >= 11 is 0. The van der Waals surface area contributed by atoms with Crippen LogP contribution in [0.2, 0.25) is 0 Å². The molecule has 1 fully saturated rings. The summed E-state index contributed by atoms with van der Waals surface area (Å²) in [6.45, 7) is 4.33. The first kappa shape index (κ1) is 23.9. The smallest absolute Gasteiger partial charge is 0.253 e. The van der Waals surface area contributed by atoms with Crippen molar-refractivity contribution in [3.05, 3.63) is 53.5 Å². The third-order valence-electron chi connectivity index (χ3n) is 6.01. The van der Waals surface area contributed by atoms with E-state index in [9.17, 15) is 14.4 Å². The van der Waals surface area contributed by atoms with Crippen molar-refractivity contribution in [1.82, 2.24) is 25.0 Å². The number of piperidine rings is 1. The lowest BCUT2D eigenvalue weighted by Gasteiger charge is -2.41. The molecule has 174 valence electrons. The molecule has 3 rings (SSSR count). The number of carbonyl (C=O) groups excluding carboxylic acids is 1. The van der Waals surface area contributed by atoms with E-state index in [1.54, 1.807) is 0 Å². The van der Waals surface area contributed by atoms with Crippen molar-refractivity contribution in [3.63, 3.8) is 0 Å². The number of rotatable bonds is 8. The predicted octanol–water partition coefficient (Wildman–Crippen LogP) is 1.56. The molecule has 2 aromatic heterocycles. The minimum absolute atomic E-state index is 0.0991. The maximum Gasteiger partial charge on any atom is 0.253 e. The van der Waals surface area contributed by atoms with E-state index in [4.69, 9.17) is 11.1 Å². The number of hydrogen-bond acceptors (Lipinski definition) is 7. The van der Waals surface area contributed by atoms with E-state index in [2.05, 4.69) is 31.7 Å². The van der Waals surface area contributed by atoms with Crippen molar-refractivity contribution in [2.75, 3.05) is 18.4 Å². The number of primary amides is 1. The van der Waals surface area contributed by atoms with Crippen molar-refractivity contribution in [3.8, 4) is 6.07 Å². The number of amides is 1. The van der Waals surface area contributed by atoms with Gasteiger partial charge in [-0.05, 0) is 25.8 Å². The van der Waals surface area contributed by atoms with Crippen LogP contribution in [0.5, 0.6) is 0 Å². The van der Waals surface area contributed by atoms with Gasteiger partial charge in [-0.25, -0.2) is 4.98 Å². The molecule has 0 bridgehead atoms. The molecule has 1 aliphatic heterocycles. The summed E-state index contributed by atoms with van der Waals surface area (Å²) in [6, 6.07) is 4.81. The summed E-state index contributed by atoms with van der Waals surface area (Å²) in [5, 5.41) is 27.7. The van der Waals surface area contributed by atoms with Crippen LogP contribution < -0.4 is 16.4 Å². The van der Waals surface area contributed by atoms with Crippen molar-refractivity contribution in [2.24, 2.45) is 12.8 Å². The van der Waals surface area contributed by atoms with Gasteiger partial charge >= 0.3 is 0 Å². The van der Waals surface area contributed by atoms with Gasteiger partial charge in [0.2, 0.25) is 5.95 Å². The highest BCUT2D eigenvalue weighted by Crippen LogP contribution is 2.27. The Morgan fingerprint density at radius 1 is 1.45 bits per heavy atom. The zero-order valence-corrected chi connectivity index (χ0v) is 18.7. The maximum absolute atomic E-state index is 13.3. The lowest BCUT2D eigenvalue weighted by molar-refractivity contribution is -0.114. The lowest BCUT2D eigenvalue weighted by atomic mass is 9.84. The highest BCUT2D eigenvalue weighted by atomic mass is 19.1. The second kappa shape index (κ2) is 10.2. The first-order valence-corrected chi connectivity index (χ1v) is 10.5. The second-order valence-electron chi connectivity index (χ2n) is 8.20. The lowest BCUT2D eigenvalue weighted by Crippen LogP contribution is -2.51. The molecular formula is C22H28FN9O. The number of nitrogens with two attached hydrogens (primary N) is 1. The fraction of sp³-hybridized carbons (Fsp3) is 0.409. The van der Waals surface area contributed by atoms with Crippen LogP contribution in [0.4, 0.5) is 10.1 Å². The molecule has 0 aromatic carbocycles. The molecule has 3 heterocycles. The molecule has 0 saturated carbocycles. The summed E-state index contributed by atoms with van der Waals surface area (Å²) in [6.07, 6.45) is 6.11. The summed E-state index contributed by atoms with van der Waals surface area (Å²) in [7, 11) is 1.91. The van der Waals surface area contributed by atoms with Gasteiger partial charge in [0.1, 0.15) is 5.84 Å². The second-order valence-corrected chi connectivity index (χ2v) is 8.20. The van der Waals surface area contributed by atoms with Gasteiger partial charge in [0.15, 0.2) is 0 Å². The van der Waals surface area contributed by atoms with E-state index in [0.717, 1.165) is 31.4 Å². The number of nitrogens with one attached hydrogen (secondary N) is 3. The predicted molar refractivity (Wildman–Crippen MR) is 121 cm³/mol. The summed E-state index contributed by atoms with van der Waals surface area (Å²) < 4.78 is 15.2. The molecule has 33 heavy (non-hydrogen) atoms. The summed E-state index contributed by atoms with van der Waals surface area (Å²) in [5.74, 6) is -1.81. The molecule has 5 N–H and O–H groups in total. The van der Waals surface area contributed by atoms with Crippen molar-refractivity contribution < 1.29 is 9.18 Å². The van der Waals surface area contributed by atoms with Crippen LogP contribution in [0.1, 0.15) is 30.5 Å². The number of nitriles is 1. The van der Waals surface area contributed by atoms with Crippen LogP contribution in [0, 0.1) is 29.6 Å². The summed E-state index contributed by atoms with van der Waals surface area (Å²) in [4.78, 5) is 17.8. The Kier molecular flexibility index (Phi) is 7.40. The third kappa shape index (κ3) is 5.93. The summed E-state index contributed by atoms with van der Waals surface area (Å²) in [5.41, 5.74) is 7.40. The topological polar surface area (TPSA) is 149 Å². The number of aromatic nitrogens is 3. The van der Waals surface area contributed by atoms with Crippen LogP contribution in [0.25, 0.3) is 0 Å². The molecule has 0 atom stereocenters. The first-order valence-electron chi connectivity index (χ1n) is 10.5. The van der Waals surface area contributed by atoms with E-state index in [-0.39, 0.29) is 23.5 Å². The molecule has 0 aliphatic carbocycles. The van der Waals surface area contributed by atoms with Crippen molar-refractivity contribution >= 4 is 17.4 Å². The van der Waals surface area contributed by atoms with Gasteiger partial charge in [-0.1, -0.05) is 0 Å². The van der Waals surface area contributed by atoms with Gasteiger partial charge in [-0.2, -0.15) is 14.8 Å².